The van der Waals surface area contributed by atoms with Crippen LogP contribution in [-0.4, -0.2) is 44.0 Å². The molecular formula is C12H17ClN4. The summed E-state index contributed by atoms with van der Waals surface area (Å²) in [7, 11) is 2.12. The Balaban J connectivity index is 2.28. The minimum Gasteiger partial charge on any atom is -0.384 e. The molecule has 0 aromatic heterocycles. The Kier molecular flexibility index (Phi) is 3.54. The van der Waals surface area contributed by atoms with Crippen LogP contribution in [0.3, 0.4) is 0 Å². The number of nitrogens with one attached hydrogen (secondary N) is 1. The molecule has 4 nitrogen and oxygen atoms in total. The van der Waals surface area contributed by atoms with Gasteiger partial charge in [-0.25, -0.2) is 0 Å². The quantitative estimate of drug-likeness (QED) is 0.618. The second-order valence-corrected chi connectivity index (χ2v) is 4.80. The van der Waals surface area contributed by atoms with Crippen molar-refractivity contribution in [1.82, 2.24) is 4.90 Å². The topological polar surface area (TPSA) is 56.4 Å². The van der Waals surface area contributed by atoms with Crippen molar-refractivity contribution >= 4 is 23.1 Å². The van der Waals surface area contributed by atoms with Crippen LogP contribution in [0, 0.1) is 5.41 Å². The number of benzene rings is 1. The summed E-state index contributed by atoms with van der Waals surface area (Å²) in [6.45, 7) is 3.97. The lowest BCUT2D eigenvalue weighted by Gasteiger charge is -2.35. The molecule has 0 aliphatic carbocycles. The van der Waals surface area contributed by atoms with E-state index in [-0.39, 0.29) is 5.84 Å². The van der Waals surface area contributed by atoms with Gasteiger partial charge in [-0.05, 0) is 25.2 Å². The Morgan fingerprint density at radius 1 is 1.29 bits per heavy atom. The number of hydrogen-bond acceptors (Lipinski definition) is 3. The highest BCUT2D eigenvalue weighted by atomic mass is 35.5. The minimum atomic E-state index is 0.0708. The lowest BCUT2D eigenvalue weighted by molar-refractivity contribution is 0.313. The lowest BCUT2D eigenvalue weighted by atomic mass is 10.1. The summed E-state index contributed by atoms with van der Waals surface area (Å²) in [6, 6.07) is 5.56. The fourth-order valence-corrected chi connectivity index (χ4v) is 2.22. The van der Waals surface area contributed by atoms with Gasteiger partial charge in [-0.1, -0.05) is 11.6 Å². The summed E-state index contributed by atoms with van der Waals surface area (Å²) in [4.78, 5) is 4.55. The molecule has 0 bridgehead atoms. The van der Waals surface area contributed by atoms with E-state index in [1.165, 1.54) is 0 Å². The van der Waals surface area contributed by atoms with Gasteiger partial charge in [-0.15, -0.1) is 0 Å². The Morgan fingerprint density at radius 3 is 2.53 bits per heavy atom. The van der Waals surface area contributed by atoms with Crippen LogP contribution in [0.15, 0.2) is 18.2 Å². The van der Waals surface area contributed by atoms with Gasteiger partial charge in [0.05, 0.1) is 0 Å². The molecule has 92 valence electrons. The maximum atomic E-state index is 7.61. The lowest BCUT2D eigenvalue weighted by Crippen LogP contribution is -2.45. The van der Waals surface area contributed by atoms with Gasteiger partial charge >= 0.3 is 0 Å². The molecule has 5 heteroatoms. The first-order valence-corrected chi connectivity index (χ1v) is 6.03. The average Bonchev–Trinajstić information content (AvgIpc) is 2.30. The molecule has 17 heavy (non-hydrogen) atoms. The van der Waals surface area contributed by atoms with Gasteiger partial charge < -0.3 is 15.5 Å². The van der Waals surface area contributed by atoms with Crippen molar-refractivity contribution in [2.45, 2.75) is 0 Å². The highest BCUT2D eigenvalue weighted by Gasteiger charge is 2.18. The molecule has 1 heterocycles. The van der Waals surface area contributed by atoms with Crippen LogP contribution in [0.2, 0.25) is 5.02 Å². The van der Waals surface area contributed by atoms with E-state index in [4.69, 9.17) is 22.7 Å². The van der Waals surface area contributed by atoms with Crippen molar-refractivity contribution in [3.63, 3.8) is 0 Å². The van der Waals surface area contributed by atoms with Gasteiger partial charge in [0, 0.05) is 42.5 Å². The molecule has 0 amide bonds. The molecular weight excluding hydrogens is 236 g/mol. The predicted molar refractivity (Wildman–Crippen MR) is 72.2 cm³/mol. The van der Waals surface area contributed by atoms with Crippen molar-refractivity contribution in [2.24, 2.45) is 5.73 Å². The first-order chi connectivity index (χ1) is 8.08. The summed E-state index contributed by atoms with van der Waals surface area (Å²) in [5.74, 6) is 0.0708. The maximum absolute atomic E-state index is 7.61. The zero-order chi connectivity index (χ0) is 12.4. The maximum Gasteiger partial charge on any atom is 0.124 e. The zero-order valence-electron chi connectivity index (χ0n) is 9.91. The average molecular weight is 253 g/mol. The van der Waals surface area contributed by atoms with Crippen molar-refractivity contribution < 1.29 is 0 Å². The number of nitrogen functional groups attached to an aromatic ring is 1. The van der Waals surface area contributed by atoms with Gasteiger partial charge in [0.25, 0.3) is 0 Å². The molecule has 1 aliphatic heterocycles. The fraction of sp³-hybridized carbons (Fsp3) is 0.417. The van der Waals surface area contributed by atoms with Crippen LogP contribution >= 0.6 is 11.6 Å². The Hall–Kier alpha value is -1.26. The van der Waals surface area contributed by atoms with Crippen LogP contribution in [-0.2, 0) is 0 Å². The molecule has 0 radical (unpaired) electrons. The molecule has 1 aliphatic rings. The molecule has 1 saturated heterocycles. The number of hydrogen-bond donors (Lipinski definition) is 2. The first-order valence-electron chi connectivity index (χ1n) is 5.65. The number of likely N-dealkylation sites (N-methyl/N-ethyl adjacent to an activating group) is 1. The third-order valence-corrected chi connectivity index (χ3v) is 3.33. The molecule has 0 spiro atoms. The van der Waals surface area contributed by atoms with Crippen molar-refractivity contribution in [3.05, 3.63) is 28.8 Å². The van der Waals surface area contributed by atoms with E-state index in [1.54, 1.807) is 6.07 Å². The van der Waals surface area contributed by atoms with Crippen molar-refractivity contribution in [2.75, 3.05) is 38.1 Å². The van der Waals surface area contributed by atoms with E-state index in [9.17, 15) is 0 Å². The summed E-state index contributed by atoms with van der Waals surface area (Å²) in [5, 5.41) is 8.23. The molecule has 0 atom stereocenters. The number of piperazine rings is 1. The van der Waals surface area contributed by atoms with Crippen LogP contribution in [0.25, 0.3) is 0 Å². The Morgan fingerprint density at radius 2 is 1.94 bits per heavy atom. The van der Waals surface area contributed by atoms with Gasteiger partial charge in [0.15, 0.2) is 0 Å². The highest BCUT2D eigenvalue weighted by Crippen LogP contribution is 2.24. The molecule has 1 fully saturated rings. The third-order valence-electron chi connectivity index (χ3n) is 3.09. The number of rotatable bonds is 2. The summed E-state index contributed by atoms with van der Waals surface area (Å²) < 4.78 is 0. The smallest absolute Gasteiger partial charge is 0.124 e. The van der Waals surface area contributed by atoms with Gasteiger partial charge in [-0.2, -0.15) is 0 Å². The molecule has 1 aromatic carbocycles. The molecule has 2 rings (SSSR count). The standard InChI is InChI=1S/C12H17ClN4/c1-16-4-6-17(7-5-16)11-3-2-9(13)8-10(11)12(14)15/h2-3,8H,4-7H2,1H3,(H3,14,15). The predicted octanol–water partition coefficient (Wildman–Crippen LogP) is 1.38. The number of nitrogens with zero attached hydrogens (tertiary/aromatic N) is 2. The number of nitrogens with two attached hydrogens (primary N) is 1. The Bertz CT molecular complexity index is 425. The van der Waals surface area contributed by atoms with Crippen LogP contribution in [0.1, 0.15) is 5.56 Å². The first kappa shape index (κ1) is 12.2. The van der Waals surface area contributed by atoms with E-state index in [1.807, 2.05) is 12.1 Å². The summed E-state index contributed by atoms with van der Waals surface area (Å²) >= 11 is 5.94. The monoisotopic (exact) mass is 252 g/mol. The number of amidine groups is 1. The van der Waals surface area contributed by atoms with Crippen LogP contribution < -0.4 is 10.6 Å². The largest absolute Gasteiger partial charge is 0.384 e. The molecule has 3 N–H and O–H groups in total. The van der Waals surface area contributed by atoms with E-state index in [2.05, 4.69) is 16.8 Å². The SMILES string of the molecule is CN1CCN(c2ccc(Cl)cc2C(=N)N)CC1. The second kappa shape index (κ2) is 4.94. The molecule has 0 saturated carbocycles. The number of anilines is 1. The van der Waals surface area contributed by atoms with Gasteiger partial charge in [0.2, 0.25) is 0 Å². The molecule has 0 unspecified atom stereocenters. The summed E-state index contributed by atoms with van der Waals surface area (Å²) in [5.41, 5.74) is 7.34. The van der Waals surface area contributed by atoms with Crippen molar-refractivity contribution in [1.29, 1.82) is 5.41 Å². The molecule has 1 aromatic rings. The van der Waals surface area contributed by atoms with Gasteiger partial charge in [0.1, 0.15) is 5.84 Å². The third kappa shape index (κ3) is 2.70. The van der Waals surface area contributed by atoms with Crippen LogP contribution in [0.5, 0.6) is 0 Å². The van der Waals surface area contributed by atoms with Crippen molar-refractivity contribution in [3.8, 4) is 0 Å². The van der Waals surface area contributed by atoms with E-state index >= 15 is 0 Å². The second-order valence-electron chi connectivity index (χ2n) is 4.37. The fourth-order valence-electron chi connectivity index (χ4n) is 2.05. The van der Waals surface area contributed by atoms with Gasteiger partial charge in [-0.3, -0.25) is 5.41 Å². The van der Waals surface area contributed by atoms with Crippen LogP contribution in [0.4, 0.5) is 5.69 Å². The highest BCUT2D eigenvalue weighted by molar-refractivity contribution is 6.31. The zero-order valence-corrected chi connectivity index (χ0v) is 10.7. The van der Waals surface area contributed by atoms with E-state index in [0.717, 1.165) is 37.4 Å². The summed E-state index contributed by atoms with van der Waals surface area (Å²) in [6.07, 6.45) is 0. The normalized spacial score (nSPS) is 17.2. The number of halogens is 1. The minimum absolute atomic E-state index is 0.0708. The van der Waals surface area contributed by atoms with E-state index < -0.39 is 0 Å². The Labute approximate surface area is 106 Å². The van der Waals surface area contributed by atoms with E-state index in [0.29, 0.717) is 5.02 Å².